The van der Waals surface area contributed by atoms with Crippen LogP contribution in [0.25, 0.3) is 0 Å². The van der Waals surface area contributed by atoms with Crippen LogP contribution in [0.3, 0.4) is 0 Å². The number of methoxy groups -OCH3 is 1. The molecule has 1 rings (SSSR count). The van der Waals surface area contributed by atoms with Gasteiger partial charge in [0.15, 0.2) is 5.96 Å². The van der Waals surface area contributed by atoms with Gasteiger partial charge in [0.05, 0.1) is 13.7 Å². The number of benzene rings is 1. The van der Waals surface area contributed by atoms with Crippen molar-refractivity contribution < 1.29 is 4.74 Å². The summed E-state index contributed by atoms with van der Waals surface area (Å²) in [6.07, 6.45) is 1.14. The van der Waals surface area contributed by atoms with Crippen molar-refractivity contribution in [2.45, 2.75) is 33.7 Å². The Kier molecular flexibility index (Phi) is 11.1. The SMILES string of the molecule is CCNC(=NCc1cccc(OC)c1)NCCC(C)C.I. The van der Waals surface area contributed by atoms with Crippen LogP contribution in [0.15, 0.2) is 29.3 Å². The average Bonchev–Trinajstić information content (AvgIpc) is 2.44. The van der Waals surface area contributed by atoms with Crippen molar-refractivity contribution in [3.8, 4) is 5.75 Å². The molecule has 0 amide bonds. The number of rotatable bonds is 7. The Labute approximate surface area is 145 Å². The second-order valence-corrected chi connectivity index (χ2v) is 5.16. The molecule has 0 saturated heterocycles. The van der Waals surface area contributed by atoms with E-state index in [1.165, 1.54) is 0 Å². The number of ether oxygens (including phenoxy) is 1. The lowest BCUT2D eigenvalue weighted by Crippen LogP contribution is -2.38. The molecule has 0 heterocycles. The Morgan fingerprint density at radius 1 is 1.29 bits per heavy atom. The van der Waals surface area contributed by atoms with Gasteiger partial charge in [-0.05, 0) is 37.0 Å². The first-order valence-electron chi connectivity index (χ1n) is 7.30. The van der Waals surface area contributed by atoms with Gasteiger partial charge in [-0.25, -0.2) is 4.99 Å². The molecule has 1 aromatic rings. The van der Waals surface area contributed by atoms with Gasteiger partial charge in [-0.15, -0.1) is 24.0 Å². The molecule has 0 aliphatic heterocycles. The normalized spacial score (nSPS) is 11.0. The summed E-state index contributed by atoms with van der Waals surface area (Å²) < 4.78 is 5.22. The molecule has 0 aliphatic rings. The summed E-state index contributed by atoms with van der Waals surface area (Å²) in [5.74, 6) is 2.44. The van der Waals surface area contributed by atoms with E-state index in [2.05, 4.69) is 42.5 Å². The van der Waals surface area contributed by atoms with Crippen LogP contribution in [0.1, 0.15) is 32.8 Å². The van der Waals surface area contributed by atoms with Crippen molar-refractivity contribution in [3.05, 3.63) is 29.8 Å². The van der Waals surface area contributed by atoms with E-state index in [1.807, 2.05) is 18.2 Å². The first-order chi connectivity index (χ1) is 9.65. The van der Waals surface area contributed by atoms with E-state index in [0.717, 1.165) is 36.8 Å². The van der Waals surface area contributed by atoms with Crippen LogP contribution < -0.4 is 15.4 Å². The first-order valence-corrected chi connectivity index (χ1v) is 7.30. The topological polar surface area (TPSA) is 45.7 Å². The average molecular weight is 405 g/mol. The maximum atomic E-state index is 5.22. The van der Waals surface area contributed by atoms with E-state index in [1.54, 1.807) is 7.11 Å². The maximum absolute atomic E-state index is 5.22. The van der Waals surface area contributed by atoms with Crippen molar-refractivity contribution in [2.75, 3.05) is 20.2 Å². The lowest BCUT2D eigenvalue weighted by Gasteiger charge is -2.12. The van der Waals surface area contributed by atoms with Gasteiger partial charge >= 0.3 is 0 Å². The highest BCUT2D eigenvalue weighted by Gasteiger charge is 1.99. The first kappa shape index (κ1) is 20.0. The highest BCUT2D eigenvalue weighted by Crippen LogP contribution is 2.13. The molecule has 0 spiro atoms. The Hall–Kier alpha value is -0.980. The van der Waals surface area contributed by atoms with Crippen molar-refractivity contribution >= 4 is 29.9 Å². The monoisotopic (exact) mass is 405 g/mol. The molecule has 0 aromatic heterocycles. The zero-order chi connectivity index (χ0) is 14.8. The zero-order valence-electron chi connectivity index (χ0n) is 13.5. The highest BCUT2D eigenvalue weighted by molar-refractivity contribution is 14.0. The fourth-order valence-electron chi connectivity index (χ4n) is 1.76. The van der Waals surface area contributed by atoms with Crippen LogP contribution in [0.4, 0.5) is 0 Å². The predicted molar refractivity (Wildman–Crippen MR) is 101 cm³/mol. The van der Waals surface area contributed by atoms with Gasteiger partial charge in [0.25, 0.3) is 0 Å². The van der Waals surface area contributed by atoms with Crippen molar-refractivity contribution in [2.24, 2.45) is 10.9 Å². The van der Waals surface area contributed by atoms with Gasteiger partial charge < -0.3 is 15.4 Å². The van der Waals surface area contributed by atoms with E-state index >= 15 is 0 Å². The molecule has 2 N–H and O–H groups in total. The number of nitrogens with one attached hydrogen (secondary N) is 2. The third-order valence-corrected chi connectivity index (χ3v) is 2.91. The Morgan fingerprint density at radius 3 is 2.67 bits per heavy atom. The summed E-state index contributed by atoms with van der Waals surface area (Å²) >= 11 is 0. The second kappa shape index (κ2) is 11.7. The molecular formula is C16H28IN3O. The molecular weight excluding hydrogens is 377 g/mol. The molecule has 4 nitrogen and oxygen atoms in total. The van der Waals surface area contributed by atoms with Gasteiger partial charge in [-0.2, -0.15) is 0 Å². The quantitative estimate of drug-likeness (QED) is 0.415. The number of aliphatic imine (C=N–C) groups is 1. The predicted octanol–water partition coefficient (Wildman–Crippen LogP) is 3.41. The highest BCUT2D eigenvalue weighted by atomic mass is 127. The minimum Gasteiger partial charge on any atom is -0.497 e. The number of halogens is 1. The lowest BCUT2D eigenvalue weighted by atomic mass is 10.1. The van der Waals surface area contributed by atoms with Gasteiger partial charge in [-0.3, -0.25) is 0 Å². The largest absolute Gasteiger partial charge is 0.497 e. The molecule has 0 radical (unpaired) electrons. The molecule has 0 saturated carbocycles. The van der Waals surface area contributed by atoms with Crippen molar-refractivity contribution in [1.82, 2.24) is 10.6 Å². The van der Waals surface area contributed by atoms with Crippen LogP contribution >= 0.6 is 24.0 Å². The Bertz CT molecular complexity index is 422. The molecule has 1 aromatic carbocycles. The minimum atomic E-state index is 0. The summed E-state index contributed by atoms with van der Waals surface area (Å²) in [5, 5.41) is 6.62. The fraction of sp³-hybridized carbons (Fsp3) is 0.562. The van der Waals surface area contributed by atoms with Crippen LogP contribution in [0, 0.1) is 5.92 Å². The molecule has 0 bridgehead atoms. The number of hydrogen-bond donors (Lipinski definition) is 2. The molecule has 0 aliphatic carbocycles. The van der Waals surface area contributed by atoms with Crippen molar-refractivity contribution in [1.29, 1.82) is 0 Å². The van der Waals surface area contributed by atoms with Gasteiger partial charge in [0, 0.05) is 13.1 Å². The molecule has 0 atom stereocenters. The number of hydrogen-bond acceptors (Lipinski definition) is 2. The number of nitrogens with zero attached hydrogens (tertiary/aromatic N) is 1. The Morgan fingerprint density at radius 2 is 2.05 bits per heavy atom. The fourth-order valence-corrected chi connectivity index (χ4v) is 1.76. The van der Waals surface area contributed by atoms with Crippen LogP contribution in [-0.4, -0.2) is 26.2 Å². The number of guanidine groups is 1. The molecule has 120 valence electrons. The third kappa shape index (κ3) is 8.80. The molecule has 5 heteroatoms. The summed E-state index contributed by atoms with van der Waals surface area (Å²) in [7, 11) is 1.68. The maximum Gasteiger partial charge on any atom is 0.191 e. The lowest BCUT2D eigenvalue weighted by molar-refractivity contribution is 0.414. The smallest absolute Gasteiger partial charge is 0.191 e. The van der Waals surface area contributed by atoms with Crippen LogP contribution in [0.5, 0.6) is 5.75 Å². The molecule has 0 fully saturated rings. The van der Waals surface area contributed by atoms with E-state index in [-0.39, 0.29) is 24.0 Å². The Balaban J connectivity index is 0.00000400. The van der Waals surface area contributed by atoms with E-state index in [4.69, 9.17) is 4.74 Å². The van der Waals surface area contributed by atoms with Gasteiger partial charge in [0.2, 0.25) is 0 Å². The standard InChI is InChI=1S/C16H27N3O.HI/c1-5-17-16(18-10-9-13(2)3)19-12-14-7-6-8-15(11-14)20-4;/h6-8,11,13H,5,9-10,12H2,1-4H3,(H2,17,18,19);1H. The van der Waals surface area contributed by atoms with E-state index < -0.39 is 0 Å². The van der Waals surface area contributed by atoms with E-state index in [0.29, 0.717) is 12.5 Å². The van der Waals surface area contributed by atoms with Gasteiger partial charge in [-0.1, -0.05) is 26.0 Å². The van der Waals surface area contributed by atoms with Gasteiger partial charge in [0.1, 0.15) is 5.75 Å². The van der Waals surface area contributed by atoms with Crippen molar-refractivity contribution in [3.63, 3.8) is 0 Å². The molecule has 0 unspecified atom stereocenters. The minimum absolute atomic E-state index is 0. The zero-order valence-corrected chi connectivity index (χ0v) is 15.8. The summed E-state index contributed by atoms with van der Waals surface area (Å²) in [6, 6.07) is 8.01. The van der Waals surface area contributed by atoms with E-state index in [9.17, 15) is 0 Å². The summed E-state index contributed by atoms with van der Waals surface area (Å²) in [4.78, 5) is 4.59. The summed E-state index contributed by atoms with van der Waals surface area (Å²) in [6.45, 7) is 8.98. The third-order valence-electron chi connectivity index (χ3n) is 2.91. The summed E-state index contributed by atoms with van der Waals surface area (Å²) in [5.41, 5.74) is 1.14. The second-order valence-electron chi connectivity index (χ2n) is 5.16. The van der Waals surface area contributed by atoms with Crippen LogP contribution in [0.2, 0.25) is 0 Å². The van der Waals surface area contributed by atoms with Crippen LogP contribution in [-0.2, 0) is 6.54 Å². The molecule has 21 heavy (non-hydrogen) atoms.